The molecule has 8 nitrogen and oxygen atoms in total. The molecule has 0 saturated carbocycles. The molecule has 1 N–H and O–H groups in total. The summed E-state index contributed by atoms with van der Waals surface area (Å²) < 4.78 is 13.8. The molecule has 28 heavy (non-hydrogen) atoms. The maximum atomic E-state index is 6.08. The molecule has 0 radical (unpaired) electrons. The van der Waals surface area contributed by atoms with E-state index >= 15 is 0 Å². The Bertz CT molecular complexity index is 583. The first-order valence-corrected chi connectivity index (χ1v) is 10.4. The van der Waals surface area contributed by atoms with E-state index < -0.39 is 0 Å². The zero-order valence-electron chi connectivity index (χ0n) is 17.2. The topological polar surface area (TPSA) is 76.8 Å². The van der Waals surface area contributed by atoms with E-state index in [-0.39, 0.29) is 24.0 Å². The van der Waals surface area contributed by atoms with Crippen LogP contribution in [0.4, 0.5) is 0 Å². The van der Waals surface area contributed by atoms with Gasteiger partial charge in [0.15, 0.2) is 5.96 Å². The second kappa shape index (κ2) is 12.6. The third kappa shape index (κ3) is 6.84. The van der Waals surface area contributed by atoms with Crippen LogP contribution in [0.15, 0.2) is 11.3 Å². The highest BCUT2D eigenvalue weighted by atomic mass is 127. The number of halogens is 1. The van der Waals surface area contributed by atoms with Gasteiger partial charge in [-0.1, -0.05) is 6.92 Å². The van der Waals surface area contributed by atoms with E-state index in [0.29, 0.717) is 12.2 Å². The number of nitrogens with zero attached hydrogens (tertiary/aromatic N) is 5. The Morgan fingerprint density at radius 1 is 1.32 bits per heavy atom. The van der Waals surface area contributed by atoms with Gasteiger partial charge in [0.25, 0.3) is 0 Å². The first-order chi connectivity index (χ1) is 13.3. The maximum absolute atomic E-state index is 6.08. The molecule has 0 spiro atoms. The van der Waals surface area contributed by atoms with Crippen molar-refractivity contribution >= 4 is 29.9 Å². The van der Waals surface area contributed by atoms with Gasteiger partial charge in [0, 0.05) is 39.2 Å². The van der Waals surface area contributed by atoms with Crippen molar-refractivity contribution < 1.29 is 9.47 Å². The Morgan fingerprint density at radius 3 is 2.82 bits per heavy atom. The zero-order valence-corrected chi connectivity index (χ0v) is 19.5. The quantitative estimate of drug-likeness (QED) is 0.331. The SMILES string of the molecule is CCNC(=NCCn1cnnc1CC)N1CCC(OCC2CCCO2)CC1.I. The number of hydrogen-bond acceptors (Lipinski definition) is 5. The highest BCUT2D eigenvalue weighted by molar-refractivity contribution is 14.0. The van der Waals surface area contributed by atoms with Gasteiger partial charge in [-0.2, -0.15) is 0 Å². The molecule has 1 unspecified atom stereocenters. The molecule has 160 valence electrons. The van der Waals surface area contributed by atoms with Gasteiger partial charge in [0.05, 0.1) is 25.4 Å². The minimum absolute atomic E-state index is 0. The number of likely N-dealkylation sites (tertiary alicyclic amines) is 1. The Morgan fingerprint density at radius 2 is 2.14 bits per heavy atom. The summed E-state index contributed by atoms with van der Waals surface area (Å²) >= 11 is 0. The molecule has 2 fully saturated rings. The molecule has 2 aliphatic heterocycles. The average molecular weight is 506 g/mol. The fraction of sp³-hybridized carbons (Fsp3) is 0.842. The van der Waals surface area contributed by atoms with Crippen LogP contribution in [-0.2, 0) is 22.4 Å². The first-order valence-electron chi connectivity index (χ1n) is 10.4. The standard InChI is InChI=1S/C19H34N6O2.HI/c1-3-18-23-22-15-25(18)12-9-21-19(20-4-2)24-10-7-16(8-11-24)27-14-17-6-5-13-26-17;/h15-17H,3-14H2,1-2H3,(H,20,21);1H. The van der Waals surface area contributed by atoms with Crippen LogP contribution in [0.1, 0.15) is 45.4 Å². The number of aryl methyl sites for hydroxylation is 1. The van der Waals surface area contributed by atoms with Crippen molar-refractivity contribution in [3.63, 3.8) is 0 Å². The van der Waals surface area contributed by atoms with Gasteiger partial charge in [0.1, 0.15) is 12.2 Å². The minimum atomic E-state index is 0. The number of ether oxygens (including phenoxy) is 2. The zero-order chi connectivity index (χ0) is 18.9. The van der Waals surface area contributed by atoms with Crippen molar-refractivity contribution in [1.29, 1.82) is 0 Å². The summed E-state index contributed by atoms with van der Waals surface area (Å²) in [5.74, 6) is 2.01. The normalized spacial score (nSPS) is 21.0. The second-order valence-electron chi connectivity index (χ2n) is 7.18. The third-order valence-electron chi connectivity index (χ3n) is 5.23. The largest absolute Gasteiger partial charge is 0.376 e. The molecule has 1 atom stereocenters. The average Bonchev–Trinajstić information content (AvgIpc) is 3.38. The lowest BCUT2D eigenvalue weighted by Gasteiger charge is -2.34. The van der Waals surface area contributed by atoms with E-state index in [0.717, 1.165) is 83.4 Å². The van der Waals surface area contributed by atoms with Crippen molar-refractivity contribution in [1.82, 2.24) is 25.0 Å². The van der Waals surface area contributed by atoms with Gasteiger partial charge in [-0.15, -0.1) is 34.2 Å². The molecule has 9 heteroatoms. The van der Waals surface area contributed by atoms with Crippen molar-refractivity contribution in [3.8, 4) is 0 Å². The third-order valence-corrected chi connectivity index (χ3v) is 5.23. The van der Waals surface area contributed by atoms with Crippen molar-refractivity contribution in [3.05, 3.63) is 12.2 Å². The number of rotatable bonds is 8. The molecule has 1 aromatic heterocycles. The number of piperidine rings is 1. The van der Waals surface area contributed by atoms with E-state index in [9.17, 15) is 0 Å². The predicted octanol–water partition coefficient (Wildman–Crippen LogP) is 2.08. The highest BCUT2D eigenvalue weighted by Gasteiger charge is 2.24. The smallest absolute Gasteiger partial charge is 0.193 e. The van der Waals surface area contributed by atoms with Crippen molar-refractivity contribution in [2.45, 2.75) is 64.7 Å². The number of aromatic nitrogens is 3. The lowest BCUT2D eigenvalue weighted by molar-refractivity contribution is -0.0367. The van der Waals surface area contributed by atoms with Gasteiger partial charge in [-0.05, 0) is 32.6 Å². The van der Waals surface area contributed by atoms with Gasteiger partial charge in [-0.25, -0.2) is 0 Å². The van der Waals surface area contributed by atoms with Crippen molar-refractivity contribution in [2.75, 3.05) is 39.4 Å². The minimum Gasteiger partial charge on any atom is -0.376 e. The Hall–Kier alpha value is -0.940. The molecule has 0 amide bonds. The van der Waals surface area contributed by atoms with E-state index in [1.54, 1.807) is 6.33 Å². The van der Waals surface area contributed by atoms with Crippen LogP contribution in [-0.4, -0.2) is 77.2 Å². The number of hydrogen-bond donors (Lipinski definition) is 1. The molecular formula is C19H35IN6O2. The summed E-state index contributed by atoms with van der Waals surface area (Å²) in [6, 6.07) is 0. The summed E-state index contributed by atoms with van der Waals surface area (Å²) in [6.45, 7) is 10.2. The van der Waals surface area contributed by atoms with Crippen LogP contribution < -0.4 is 5.32 Å². The van der Waals surface area contributed by atoms with Crippen LogP contribution >= 0.6 is 24.0 Å². The van der Waals surface area contributed by atoms with Crippen LogP contribution in [0.25, 0.3) is 0 Å². The Kier molecular flexibility index (Phi) is 10.5. The van der Waals surface area contributed by atoms with E-state index in [2.05, 4.69) is 38.8 Å². The molecule has 2 aliphatic rings. The van der Waals surface area contributed by atoms with Gasteiger partial charge in [-0.3, -0.25) is 4.99 Å². The lowest BCUT2D eigenvalue weighted by atomic mass is 10.1. The summed E-state index contributed by atoms with van der Waals surface area (Å²) in [5, 5.41) is 11.5. The van der Waals surface area contributed by atoms with Crippen LogP contribution in [0.2, 0.25) is 0 Å². The van der Waals surface area contributed by atoms with Gasteiger partial charge >= 0.3 is 0 Å². The molecule has 1 aromatic rings. The van der Waals surface area contributed by atoms with Gasteiger partial charge < -0.3 is 24.3 Å². The lowest BCUT2D eigenvalue weighted by Crippen LogP contribution is -2.47. The predicted molar refractivity (Wildman–Crippen MR) is 120 cm³/mol. The molecular weight excluding hydrogens is 471 g/mol. The molecule has 0 aromatic carbocycles. The second-order valence-corrected chi connectivity index (χ2v) is 7.18. The fourth-order valence-corrected chi connectivity index (χ4v) is 3.68. The highest BCUT2D eigenvalue weighted by Crippen LogP contribution is 2.17. The van der Waals surface area contributed by atoms with Crippen LogP contribution in [0, 0.1) is 0 Å². The van der Waals surface area contributed by atoms with Crippen LogP contribution in [0.5, 0.6) is 0 Å². The van der Waals surface area contributed by atoms with E-state index in [1.807, 2.05) is 0 Å². The van der Waals surface area contributed by atoms with Gasteiger partial charge in [0.2, 0.25) is 0 Å². The van der Waals surface area contributed by atoms with E-state index in [1.165, 1.54) is 6.42 Å². The van der Waals surface area contributed by atoms with E-state index in [4.69, 9.17) is 14.5 Å². The maximum Gasteiger partial charge on any atom is 0.193 e. The van der Waals surface area contributed by atoms with Crippen LogP contribution in [0.3, 0.4) is 0 Å². The Balaban J connectivity index is 0.00000280. The number of nitrogens with one attached hydrogen (secondary N) is 1. The van der Waals surface area contributed by atoms with Crippen molar-refractivity contribution in [2.24, 2.45) is 4.99 Å². The first kappa shape index (κ1) is 23.3. The summed E-state index contributed by atoms with van der Waals surface area (Å²) in [4.78, 5) is 7.17. The number of guanidine groups is 1. The number of aliphatic imine (C=N–C) groups is 1. The monoisotopic (exact) mass is 506 g/mol. The molecule has 0 aliphatic carbocycles. The molecule has 3 rings (SSSR count). The molecule has 0 bridgehead atoms. The Labute approximate surface area is 185 Å². The molecule has 3 heterocycles. The fourth-order valence-electron chi connectivity index (χ4n) is 3.68. The summed E-state index contributed by atoms with van der Waals surface area (Å²) in [5.41, 5.74) is 0. The molecule has 2 saturated heterocycles. The summed E-state index contributed by atoms with van der Waals surface area (Å²) in [7, 11) is 0. The summed E-state index contributed by atoms with van der Waals surface area (Å²) in [6.07, 6.45) is 7.74.